The van der Waals surface area contributed by atoms with E-state index in [4.69, 9.17) is 4.74 Å². The van der Waals surface area contributed by atoms with Gasteiger partial charge in [0.1, 0.15) is 0 Å². The first kappa shape index (κ1) is 12.2. The zero-order valence-electron chi connectivity index (χ0n) is 8.54. The van der Waals surface area contributed by atoms with Gasteiger partial charge in [-0.3, -0.25) is 0 Å². The fourth-order valence-corrected chi connectivity index (χ4v) is 0.862. The maximum absolute atomic E-state index is 10.7. The Morgan fingerprint density at radius 2 is 1.77 bits per heavy atom. The van der Waals surface area contributed by atoms with Crippen LogP contribution in [0.1, 0.15) is 33.6 Å². The molecule has 0 rings (SSSR count). The Labute approximate surface area is 79.2 Å². The van der Waals surface area contributed by atoms with Gasteiger partial charge in [-0.2, -0.15) is 0 Å². The summed E-state index contributed by atoms with van der Waals surface area (Å²) in [6.45, 7) is 6.08. The van der Waals surface area contributed by atoms with Gasteiger partial charge >= 0.3 is 6.16 Å². The summed E-state index contributed by atoms with van der Waals surface area (Å²) in [6, 6.07) is 0. The third kappa shape index (κ3) is 6.40. The molecular weight excluding hydrogens is 172 g/mol. The largest absolute Gasteiger partial charge is 0.510 e. The van der Waals surface area contributed by atoms with Gasteiger partial charge in [0.25, 0.3) is 0 Å². The van der Waals surface area contributed by atoms with Gasteiger partial charge in [-0.1, -0.05) is 13.8 Å². The minimum atomic E-state index is -0.673. The SMILES string of the molecule is CCOC(=O)OCOC(CC)CC. The van der Waals surface area contributed by atoms with Gasteiger partial charge in [-0.05, 0) is 19.8 Å². The van der Waals surface area contributed by atoms with E-state index >= 15 is 0 Å². The van der Waals surface area contributed by atoms with Crippen molar-refractivity contribution in [2.45, 2.75) is 39.7 Å². The smallest absolute Gasteiger partial charge is 0.435 e. The maximum atomic E-state index is 10.7. The van der Waals surface area contributed by atoms with Crippen molar-refractivity contribution < 1.29 is 19.0 Å². The van der Waals surface area contributed by atoms with Crippen LogP contribution >= 0.6 is 0 Å². The lowest BCUT2D eigenvalue weighted by Crippen LogP contribution is -2.16. The van der Waals surface area contributed by atoms with Gasteiger partial charge in [-0.15, -0.1) is 0 Å². The number of rotatable bonds is 6. The van der Waals surface area contributed by atoms with Crippen molar-refractivity contribution in [3.8, 4) is 0 Å². The fourth-order valence-electron chi connectivity index (χ4n) is 0.862. The molecule has 13 heavy (non-hydrogen) atoms. The highest BCUT2D eigenvalue weighted by Crippen LogP contribution is 2.02. The second-order valence-electron chi connectivity index (χ2n) is 2.55. The molecule has 0 bridgehead atoms. The molecule has 4 heteroatoms. The molecule has 0 fully saturated rings. The standard InChI is InChI=1S/C9H18O4/c1-4-8(5-2)12-7-13-9(10)11-6-3/h8H,4-7H2,1-3H3. The molecule has 0 aromatic carbocycles. The molecule has 0 radical (unpaired) electrons. The van der Waals surface area contributed by atoms with Crippen LogP contribution in [-0.4, -0.2) is 25.7 Å². The zero-order chi connectivity index (χ0) is 10.1. The maximum Gasteiger partial charge on any atom is 0.510 e. The predicted molar refractivity (Wildman–Crippen MR) is 48.4 cm³/mol. The van der Waals surface area contributed by atoms with Crippen molar-refractivity contribution in [3.05, 3.63) is 0 Å². The Balaban J connectivity index is 3.37. The first-order chi connectivity index (χ1) is 6.24. The Kier molecular flexibility index (Phi) is 7.39. The van der Waals surface area contributed by atoms with E-state index in [1.54, 1.807) is 6.92 Å². The van der Waals surface area contributed by atoms with Crippen molar-refractivity contribution >= 4 is 6.16 Å². The molecule has 0 aliphatic rings. The molecule has 0 heterocycles. The summed E-state index contributed by atoms with van der Waals surface area (Å²) < 4.78 is 14.4. The molecule has 0 N–H and O–H groups in total. The predicted octanol–water partition coefficient (Wildman–Crippen LogP) is 2.32. The van der Waals surface area contributed by atoms with Crippen LogP contribution in [0.4, 0.5) is 4.79 Å². The lowest BCUT2D eigenvalue weighted by atomic mass is 10.2. The van der Waals surface area contributed by atoms with Crippen molar-refractivity contribution in [2.75, 3.05) is 13.4 Å². The monoisotopic (exact) mass is 190 g/mol. The third-order valence-corrected chi connectivity index (χ3v) is 1.65. The van der Waals surface area contributed by atoms with Gasteiger partial charge in [0, 0.05) is 0 Å². The Hall–Kier alpha value is -0.770. The lowest BCUT2D eigenvalue weighted by molar-refractivity contribution is -0.0774. The summed E-state index contributed by atoms with van der Waals surface area (Å²) in [7, 11) is 0. The summed E-state index contributed by atoms with van der Waals surface area (Å²) in [4.78, 5) is 10.7. The quantitative estimate of drug-likeness (QED) is 0.476. The van der Waals surface area contributed by atoms with Crippen LogP contribution in [0.3, 0.4) is 0 Å². The molecule has 0 aliphatic heterocycles. The minimum Gasteiger partial charge on any atom is -0.435 e. The summed E-state index contributed by atoms with van der Waals surface area (Å²) in [5, 5.41) is 0. The van der Waals surface area contributed by atoms with Gasteiger partial charge in [-0.25, -0.2) is 4.79 Å². The van der Waals surface area contributed by atoms with Crippen LogP contribution in [0.2, 0.25) is 0 Å². The molecule has 0 atom stereocenters. The van der Waals surface area contributed by atoms with E-state index in [-0.39, 0.29) is 12.9 Å². The van der Waals surface area contributed by atoms with Crippen molar-refractivity contribution in [1.82, 2.24) is 0 Å². The molecule has 0 aromatic rings. The highest BCUT2D eigenvalue weighted by molar-refractivity contribution is 5.59. The van der Waals surface area contributed by atoms with Gasteiger partial charge in [0.2, 0.25) is 0 Å². The molecule has 0 aromatic heterocycles. The van der Waals surface area contributed by atoms with Gasteiger partial charge in [0.05, 0.1) is 12.7 Å². The van der Waals surface area contributed by atoms with Crippen LogP contribution < -0.4 is 0 Å². The Morgan fingerprint density at radius 1 is 1.15 bits per heavy atom. The molecule has 78 valence electrons. The Bertz CT molecular complexity index is 132. The summed E-state index contributed by atoms with van der Waals surface area (Å²) in [6.07, 6.45) is 1.33. The molecule has 0 saturated carbocycles. The first-order valence-corrected chi connectivity index (χ1v) is 4.65. The van der Waals surface area contributed by atoms with Crippen LogP contribution in [0.25, 0.3) is 0 Å². The third-order valence-electron chi connectivity index (χ3n) is 1.65. The Morgan fingerprint density at radius 3 is 2.23 bits per heavy atom. The van der Waals surface area contributed by atoms with Gasteiger partial charge < -0.3 is 14.2 Å². The fraction of sp³-hybridized carbons (Fsp3) is 0.889. The van der Waals surface area contributed by atoms with E-state index < -0.39 is 6.16 Å². The topological polar surface area (TPSA) is 44.8 Å². The van der Waals surface area contributed by atoms with E-state index in [2.05, 4.69) is 9.47 Å². The van der Waals surface area contributed by atoms with Crippen molar-refractivity contribution in [1.29, 1.82) is 0 Å². The van der Waals surface area contributed by atoms with Crippen LogP contribution in [0, 0.1) is 0 Å². The summed E-state index contributed by atoms with van der Waals surface area (Å²) >= 11 is 0. The highest BCUT2D eigenvalue weighted by Gasteiger charge is 2.05. The second-order valence-corrected chi connectivity index (χ2v) is 2.55. The van der Waals surface area contributed by atoms with E-state index in [1.165, 1.54) is 0 Å². The van der Waals surface area contributed by atoms with E-state index in [0.717, 1.165) is 12.8 Å². The molecule has 0 amide bonds. The zero-order valence-corrected chi connectivity index (χ0v) is 8.54. The molecular formula is C9H18O4. The van der Waals surface area contributed by atoms with Crippen LogP contribution in [0.15, 0.2) is 0 Å². The summed E-state index contributed by atoms with van der Waals surface area (Å²) in [5.41, 5.74) is 0. The molecule has 0 aliphatic carbocycles. The van der Waals surface area contributed by atoms with Crippen molar-refractivity contribution in [3.63, 3.8) is 0 Å². The van der Waals surface area contributed by atoms with E-state index in [1.807, 2.05) is 13.8 Å². The minimum absolute atomic E-state index is 0.0226. The normalized spacial score (nSPS) is 10.2. The molecule has 0 spiro atoms. The van der Waals surface area contributed by atoms with Crippen LogP contribution in [0.5, 0.6) is 0 Å². The average molecular weight is 190 g/mol. The highest BCUT2D eigenvalue weighted by atomic mass is 16.8. The number of carbonyl (C=O) groups excluding carboxylic acids is 1. The number of hydrogen-bond acceptors (Lipinski definition) is 4. The van der Waals surface area contributed by atoms with Gasteiger partial charge in [0.15, 0.2) is 6.79 Å². The van der Waals surface area contributed by atoms with E-state index in [0.29, 0.717) is 6.61 Å². The summed E-state index contributed by atoms with van der Waals surface area (Å²) in [5.74, 6) is 0. The van der Waals surface area contributed by atoms with Crippen molar-refractivity contribution in [2.24, 2.45) is 0 Å². The number of ether oxygens (including phenoxy) is 3. The molecule has 0 saturated heterocycles. The average Bonchev–Trinajstić information content (AvgIpc) is 2.13. The first-order valence-electron chi connectivity index (χ1n) is 4.65. The lowest BCUT2D eigenvalue weighted by Gasteiger charge is -2.13. The number of hydrogen-bond donors (Lipinski definition) is 0. The van der Waals surface area contributed by atoms with Crippen LogP contribution in [-0.2, 0) is 14.2 Å². The molecule has 4 nitrogen and oxygen atoms in total. The second kappa shape index (κ2) is 7.86. The van der Waals surface area contributed by atoms with E-state index in [9.17, 15) is 4.79 Å². The molecule has 0 unspecified atom stereocenters. The number of carbonyl (C=O) groups is 1.